The number of esters is 1. The molecule has 1 N–H and O–H groups in total. The molecule has 1 heterocycles. The van der Waals surface area contributed by atoms with Crippen molar-refractivity contribution in [3.63, 3.8) is 0 Å². The van der Waals surface area contributed by atoms with Gasteiger partial charge in [-0.05, 0) is 17.7 Å². The SMILES string of the molecule is COc1ccc(CNC(=O)COC(=O)c2csc(-c3ccccc3)n2)cc1. The standard InChI is InChI=1S/C20H18N2O4S/c1-25-16-9-7-14(8-10-16)11-21-18(23)12-26-20(24)17-13-27-19(22-17)15-5-3-2-4-6-15/h2-10,13H,11-12H2,1H3,(H,21,23). The minimum absolute atomic E-state index is 0.196. The molecule has 2 aromatic carbocycles. The summed E-state index contributed by atoms with van der Waals surface area (Å²) in [5, 5.41) is 5.05. The highest BCUT2D eigenvalue weighted by molar-refractivity contribution is 7.13. The lowest BCUT2D eigenvalue weighted by molar-refractivity contribution is -0.124. The number of hydrogen-bond acceptors (Lipinski definition) is 6. The van der Waals surface area contributed by atoms with Crippen LogP contribution in [0.5, 0.6) is 5.75 Å². The smallest absolute Gasteiger partial charge is 0.358 e. The van der Waals surface area contributed by atoms with Crippen LogP contribution in [0.15, 0.2) is 60.0 Å². The fourth-order valence-electron chi connectivity index (χ4n) is 2.28. The average molecular weight is 382 g/mol. The highest BCUT2D eigenvalue weighted by Crippen LogP contribution is 2.23. The summed E-state index contributed by atoms with van der Waals surface area (Å²) in [4.78, 5) is 28.2. The first kappa shape index (κ1) is 18.6. The van der Waals surface area contributed by atoms with E-state index >= 15 is 0 Å². The number of aromatic nitrogens is 1. The van der Waals surface area contributed by atoms with Crippen molar-refractivity contribution in [3.8, 4) is 16.3 Å². The lowest BCUT2D eigenvalue weighted by Gasteiger charge is -2.06. The Hall–Kier alpha value is -3.19. The normalized spacial score (nSPS) is 10.3. The number of carbonyl (C=O) groups is 2. The van der Waals surface area contributed by atoms with E-state index in [2.05, 4.69) is 10.3 Å². The zero-order chi connectivity index (χ0) is 19.1. The maximum Gasteiger partial charge on any atom is 0.358 e. The van der Waals surface area contributed by atoms with Gasteiger partial charge in [0.25, 0.3) is 5.91 Å². The molecule has 0 aliphatic rings. The van der Waals surface area contributed by atoms with E-state index in [-0.39, 0.29) is 18.2 Å². The fourth-order valence-corrected chi connectivity index (χ4v) is 3.08. The molecule has 0 bridgehead atoms. The van der Waals surface area contributed by atoms with E-state index in [9.17, 15) is 9.59 Å². The molecule has 3 aromatic rings. The van der Waals surface area contributed by atoms with E-state index in [0.29, 0.717) is 6.54 Å². The number of thiazole rings is 1. The van der Waals surface area contributed by atoms with Crippen LogP contribution in [0.25, 0.3) is 10.6 Å². The van der Waals surface area contributed by atoms with Gasteiger partial charge in [0.15, 0.2) is 12.3 Å². The Bertz CT molecular complexity index is 907. The van der Waals surface area contributed by atoms with Crippen LogP contribution in [0.2, 0.25) is 0 Å². The molecule has 0 radical (unpaired) electrons. The summed E-state index contributed by atoms with van der Waals surface area (Å²) in [5.74, 6) is -0.247. The molecular formula is C20H18N2O4S. The zero-order valence-electron chi connectivity index (χ0n) is 14.7. The number of ether oxygens (including phenoxy) is 2. The predicted molar refractivity (Wildman–Crippen MR) is 103 cm³/mol. The molecule has 0 spiro atoms. The molecule has 7 heteroatoms. The van der Waals surface area contributed by atoms with E-state index in [1.54, 1.807) is 12.5 Å². The first-order valence-corrected chi connectivity index (χ1v) is 9.11. The van der Waals surface area contributed by atoms with Crippen LogP contribution < -0.4 is 10.1 Å². The number of nitrogens with one attached hydrogen (secondary N) is 1. The highest BCUT2D eigenvalue weighted by Gasteiger charge is 2.14. The Kier molecular flexibility index (Phi) is 6.17. The molecule has 138 valence electrons. The average Bonchev–Trinajstić information content (AvgIpc) is 3.22. The largest absolute Gasteiger partial charge is 0.497 e. The van der Waals surface area contributed by atoms with Gasteiger partial charge in [-0.2, -0.15) is 0 Å². The van der Waals surface area contributed by atoms with E-state index in [1.807, 2.05) is 54.6 Å². The van der Waals surface area contributed by atoms with Crippen LogP contribution >= 0.6 is 11.3 Å². The highest BCUT2D eigenvalue weighted by atomic mass is 32.1. The minimum atomic E-state index is -0.618. The summed E-state index contributed by atoms with van der Waals surface area (Å²) in [6.45, 7) is -0.0115. The third kappa shape index (κ3) is 5.15. The zero-order valence-corrected chi connectivity index (χ0v) is 15.5. The number of methoxy groups -OCH3 is 1. The van der Waals surface area contributed by atoms with Gasteiger partial charge in [0.05, 0.1) is 7.11 Å². The van der Waals surface area contributed by atoms with Gasteiger partial charge >= 0.3 is 5.97 Å². The number of carbonyl (C=O) groups excluding carboxylic acids is 2. The predicted octanol–water partition coefficient (Wildman–Crippen LogP) is 3.29. The van der Waals surface area contributed by atoms with Crippen molar-refractivity contribution in [2.24, 2.45) is 0 Å². The second kappa shape index (κ2) is 8.95. The maximum absolute atomic E-state index is 12.1. The summed E-state index contributed by atoms with van der Waals surface area (Å²) >= 11 is 1.35. The molecule has 1 aromatic heterocycles. The Balaban J connectivity index is 1.47. The van der Waals surface area contributed by atoms with Gasteiger partial charge < -0.3 is 14.8 Å². The second-order valence-electron chi connectivity index (χ2n) is 5.60. The van der Waals surface area contributed by atoms with Crippen LogP contribution in [0.1, 0.15) is 16.1 Å². The Morgan fingerprint density at radius 1 is 1.07 bits per heavy atom. The minimum Gasteiger partial charge on any atom is -0.497 e. The summed E-state index contributed by atoms with van der Waals surface area (Å²) in [7, 11) is 1.59. The van der Waals surface area contributed by atoms with Gasteiger partial charge in [0, 0.05) is 17.5 Å². The summed E-state index contributed by atoms with van der Waals surface area (Å²) in [6.07, 6.45) is 0. The third-order valence-electron chi connectivity index (χ3n) is 3.72. The topological polar surface area (TPSA) is 77.5 Å². The van der Waals surface area contributed by atoms with E-state index in [0.717, 1.165) is 21.9 Å². The Labute approximate surface area is 160 Å². The summed E-state index contributed by atoms with van der Waals surface area (Å²) in [5.41, 5.74) is 2.04. The molecule has 0 unspecified atom stereocenters. The summed E-state index contributed by atoms with van der Waals surface area (Å²) in [6, 6.07) is 16.9. The van der Waals surface area contributed by atoms with Crippen molar-refractivity contribution in [2.75, 3.05) is 13.7 Å². The van der Waals surface area contributed by atoms with Crippen molar-refractivity contribution >= 4 is 23.2 Å². The third-order valence-corrected chi connectivity index (χ3v) is 4.61. The molecule has 3 rings (SSSR count). The molecule has 0 aliphatic heterocycles. The van der Waals surface area contributed by atoms with Crippen LogP contribution in [-0.2, 0) is 16.1 Å². The van der Waals surface area contributed by atoms with Crippen LogP contribution in [0, 0.1) is 0 Å². The van der Waals surface area contributed by atoms with Crippen molar-refractivity contribution in [2.45, 2.75) is 6.54 Å². The number of hydrogen-bond donors (Lipinski definition) is 1. The van der Waals surface area contributed by atoms with E-state index < -0.39 is 5.97 Å². The lowest BCUT2D eigenvalue weighted by atomic mass is 10.2. The molecule has 0 fully saturated rings. The molecule has 0 saturated heterocycles. The summed E-state index contributed by atoms with van der Waals surface area (Å²) < 4.78 is 10.1. The van der Waals surface area contributed by atoms with Gasteiger partial charge in [0.1, 0.15) is 10.8 Å². The van der Waals surface area contributed by atoms with Crippen LogP contribution in [0.3, 0.4) is 0 Å². The fraction of sp³-hybridized carbons (Fsp3) is 0.150. The second-order valence-corrected chi connectivity index (χ2v) is 6.46. The van der Waals surface area contributed by atoms with E-state index in [4.69, 9.17) is 9.47 Å². The van der Waals surface area contributed by atoms with Crippen molar-refractivity contribution in [1.29, 1.82) is 0 Å². The van der Waals surface area contributed by atoms with Gasteiger partial charge in [-0.3, -0.25) is 4.79 Å². The van der Waals surface area contributed by atoms with Crippen LogP contribution in [0.4, 0.5) is 0 Å². The molecule has 0 aliphatic carbocycles. The number of rotatable bonds is 7. The van der Waals surface area contributed by atoms with E-state index in [1.165, 1.54) is 11.3 Å². The molecule has 1 amide bonds. The van der Waals surface area contributed by atoms with Gasteiger partial charge in [-0.15, -0.1) is 11.3 Å². The number of benzene rings is 2. The van der Waals surface area contributed by atoms with Crippen LogP contribution in [-0.4, -0.2) is 30.6 Å². The molecule has 0 saturated carbocycles. The Morgan fingerprint density at radius 2 is 1.81 bits per heavy atom. The van der Waals surface area contributed by atoms with Crippen molar-refractivity contribution < 1.29 is 19.1 Å². The number of nitrogens with zero attached hydrogens (tertiary/aromatic N) is 1. The molecule has 27 heavy (non-hydrogen) atoms. The van der Waals surface area contributed by atoms with Gasteiger partial charge in [-0.1, -0.05) is 42.5 Å². The number of amides is 1. The monoisotopic (exact) mass is 382 g/mol. The lowest BCUT2D eigenvalue weighted by Crippen LogP contribution is -2.28. The van der Waals surface area contributed by atoms with Crippen molar-refractivity contribution in [1.82, 2.24) is 10.3 Å². The molecule has 0 atom stereocenters. The quantitative estimate of drug-likeness (QED) is 0.635. The van der Waals surface area contributed by atoms with Crippen molar-refractivity contribution in [3.05, 3.63) is 71.2 Å². The first-order chi connectivity index (χ1) is 13.2. The van der Waals surface area contributed by atoms with Gasteiger partial charge in [0.2, 0.25) is 0 Å². The maximum atomic E-state index is 12.1. The molecular weight excluding hydrogens is 364 g/mol. The first-order valence-electron chi connectivity index (χ1n) is 8.23. The Morgan fingerprint density at radius 3 is 2.52 bits per heavy atom. The van der Waals surface area contributed by atoms with Gasteiger partial charge in [-0.25, -0.2) is 9.78 Å². The molecule has 6 nitrogen and oxygen atoms in total.